The lowest BCUT2D eigenvalue weighted by Crippen LogP contribution is -2.47. The summed E-state index contributed by atoms with van der Waals surface area (Å²) >= 11 is 0. The number of carboxylic acid groups (broad SMARTS) is 1. The molecule has 0 saturated carbocycles. The van der Waals surface area contributed by atoms with Crippen LogP contribution in [0.4, 0.5) is 0 Å². The number of carbonyl (C=O) groups is 1. The lowest BCUT2D eigenvalue weighted by Gasteiger charge is -2.19. The van der Waals surface area contributed by atoms with E-state index in [4.69, 9.17) is 10.2 Å². The van der Waals surface area contributed by atoms with Gasteiger partial charge < -0.3 is 15.5 Å². The van der Waals surface area contributed by atoms with Gasteiger partial charge in [0.15, 0.2) is 0 Å². The van der Waals surface area contributed by atoms with Gasteiger partial charge in [0.25, 0.3) is 0 Å². The molecule has 3 N–H and O–H groups in total. The molecule has 0 amide bonds. The summed E-state index contributed by atoms with van der Waals surface area (Å²) in [5.74, 6) is -0.916. The van der Waals surface area contributed by atoms with Gasteiger partial charge in [-0.1, -0.05) is 0 Å². The Hall–Kier alpha value is -0.610. The largest absolute Gasteiger partial charge is 0.480 e. The third kappa shape index (κ3) is 2.80. The number of nitrogens with one attached hydrogen (secondary N) is 1. The number of hydrogen-bond acceptors (Lipinski definition) is 3. The molecule has 0 rings (SSSR count). The highest BCUT2D eigenvalue weighted by atomic mass is 16.4. The number of β-amino-alcohol motifs (C(OH)–C–C–N with tert-alkyl or cyclic N) is 1. The van der Waals surface area contributed by atoms with Gasteiger partial charge in [0.1, 0.15) is 5.54 Å². The van der Waals surface area contributed by atoms with Crippen molar-refractivity contribution in [2.45, 2.75) is 19.4 Å². The van der Waals surface area contributed by atoms with Crippen molar-refractivity contribution >= 4 is 5.97 Å². The van der Waals surface area contributed by atoms with E-state index in [9.17, 15) is 4.79 Å². The van der Waals surface area contributed by atoms with Crippen molar-refractivity contribution in [3.8, 4) is 0 Å². The topological polar surface area (TPSA) is 69.6 Å². The summed E-state index contributed by atoms with van der Waals surface area (Å²) in [4.78, 5) is 10.4. The molecule has 10 heavy (non-hydrogen) atoms. The number of aliphatic carboxylic acids is 1. The molecule has 0 radical (unpaired) electrons. The predicted octanol–water partition coefficient (Wildman–Crippen LogP) is -0.569. The molecule has 0 aliphatic heterocycles. The van der Waals surface area contributed by atoms with E-state index in [2.05, 4.69) is 5.32 Å². The molecule has 4 nitrogen and oxygen atoms in total. The predicted molar refractivity (Wildman–Crippen MR) is 36.8 cm³/mol. The van der Waals surface area contributed by atoms with Crippen LogP contribution in [-0.2, 0) is 4.79 Å². The Kier molecular flexibility index (Phi) is 3.32. The highest BCUT2D eigenvalue weighted by molar-refractivity contribution is 5.77. The van der Waals surface area contributed by atoms with Gasteiger partial charge in [0.05, 0.1) is 6.61 Å². The smallest absolute Gasteiger partial charge is 0.323 e. The lowest BCUT2D eigenvalue weighted by atomic mass is 10.1. The number of hydrogen-bond donors (Lipinski definition) is 3. The van der Waals surface area contributed by atoms with E-state index in [1.54, 1.807) is 13.8 Å². The molecule has 0 heterocycles. The van der Waals surface area contributed by atoms with Crippen molar-refractivity contribution in [2.24, 2.45) is 0 Å². The summed E-state index contributed by atoms with van der Waals surface area (Å²) in [6, 6.07) is 0. The first-order chi connectivity index (χ1) is 4.50. The van der Waals surface area contributed by atoms with Crippen molar-refractivity contribution in [3.05, 3.63) is 0 Å². The lowest BCUT2D eigenvalue weighted by molar-refractivity contribution is -0.143. The van der Waals surface area contributed by atoms with Gasteiger partial charge in [-0.25, -0.2) is 0 Å². The maximum atomic E-state index is 10.4. The van der Waals surface area contributed by atoms with Crippen molar-refractivity contribution < 1.29 is 15.0 Å². The summed E-state index contributed by atoms with van der Waals surface area (Å²) < 4.78 is 0. The standard InChI is InChI=1S/C6H13NO3/c1-6(2,5(9)10)7-3-4-8/h7-8H,3-4H2,1-2H3,(H,9,10). The quantitative estimate of drug-likeness (QED) is 0.498. The van der Waals surface area contributed by atoms with E-state index in [1.165, 1.54) is 0 Å². The molecule has 0 fully saturated rings. The first kappa shape index (κ1) is 9.39. The molecule has 0 saturated heterocycles. The molecule has 0 atom stereocenters. The number of carboxylic acids is 1. The fraction of sp³-hybridized carbons (Fsp3) is 0.833. The maximum absolute atomic E-state index is 10.4. The molecule has 0 aliphatic carbocycles. The van der Waals surface area contributed by atoms with Crippen LogP contribution < -0.4 is 5.32 Å². The fourth-order valence-electron chi connectivity index (χ4n) is 0.444. The minimum absolute atomic E-state index is 0.0449. The summed E-state index contributed by atoms with van der Waals surface area (Å²) in [7, 11) is 0. The second kappa shape index (κ2) is 3.53. The highest BCUT2D eigenvalue weighted by Gasteiger charge is 2.25. The van der Waals surface area contributed by atoms with Gasteiger partial charge in [-0.15, -0.1) is 0 Å². The van der Waals surface area contributed by atoms with Gasteiger partial charge in [0.2, 0.25) is 0 Å². The van der Waals surface area contributed by atoms with E-state index in [-0.39, 0.29) is 6.61 Å². The SMILES string of the molecule is CC(C)(NCCO)C(=O)O. The maximum Gasteiger partial charge on any atom is 0.323 e. The summed E-state index contributed by atoms with van der Waals surface area (Å²) in [5, 5.41) is 19.5. The van der Waals surface area contributed by atoms with Crippen LogP contribution in [0.1, 0.15) is 13.8 Å². The average Bonchev–Trinajstić information content (AvgIpc) is 1.84. The van der Waals surface area contributed by atoms with Crippen LogP contribution in [0.15, 0.2) is 0 Å². The molecule has 0 aromatic rings. The van der Waals surface area contributed by atoms with Crippen LogP contribution in [0.3, 0.4) is 0 Å². The van der Waals surface area contributed by atoms with E-state index in [0.29, 0.717) is 6.54 Å². The highest BCUT2D eigenvalue weighted by Crippen LogP contribution is 1.99. The molecule has 0 bridgehead atoms. The van der Waals surface area contributed by atoms with E-state index >= 15 is 0 Å². The minimum Gasteiger partial charge on any atom is -0.480 e. The van der Waals surface area contributed by atoms with Crippen LogP contribution in [0.2, 0.25) is 0 Å². The zero-order chi connectivity index (χ0) is 8.20. The van der Waals surface area contributed by atoms with Crippen LogP contribution in [0, 0.1) is 0 Å². The van der Waals surface area contributed by atoms with Crippen molar-refractivity contribution in [1.29, 1.82) is 0 Å². The minimum atomic E-state index is -0.942. The van der Waals surface area contributed by atoms with E-state index in [0.717, 1.165) is 0 Å². The van der Waals surface area contributed by atoms with Gasteiger partial charge in [-0.3, -0.25) is 4.79 Å². The number of rotatable bonds is 4. The first-order valence-electron chi connectivity index (χ1n) is 3.10. The molecule has 0 aromatic carbocycles. The Bertz CT molecular complexity index is 122. The van der Waals surface area contributed by atoms with Gasteiger partial charge in [-0.2, -0.15) is 0 Å². The molecular formula is C6H13NO3. The third-order valence-electron chi connectivity index (χ3n) is 1.21. The van der Waals surface area contributed by atoms with Crippen molar-refractivity contribution in [1.82, 2.24) is 5.32 Å². The molecule has 0 aliphatic rings. The second-order valence-corrected chi connectivity index (χ2v) is 2.58. The van der Waals surface area contributed by atoms with Gasteiger partial charge in [-0.05, 0) is 13.8 Å². The molecule has 0 unspecified atom stereocenters. The monoisotopic (exact) mass is 147 g/mol. The molecule has 0 aromatic heterocycles. The van der Waals surface area contributed by atoms with Crippen molar-refractivity contribution in [3.63, 3.8) is 0 Å². The molecular weight excluding hydrogens is 134 g/mol. The number of aliphatic hydroxyl groups excluding tert-OH is 1. The van der Waals surface area contributed by atoms with Crippen LogP contribution in [0.5, 0.6) is 0 Å². The molecule has 0 spiro atoms. The average molecular weight is 147 g/mol. The van der Waals surface area contributed by atoms with Crippen molar-refractivity contribution in [2.75, 3.05) is 13.2 Å². The summed E-state index contributed by atoms with van der Waals surface area (Å²) in [6.45, 7) is 3.35. The van der Waals surface area contributed by atoms with Crippen LogP contribution in [-0.4, -0.2) is 34.9 Å². The number of aliphatic hydroxyl groups is 1. The van der Waals surface area contributed by atoms with Gasteiger partial charge in [0, 0.05) is 6.54 Å². The zero-order valence-corrected chi connectivity index (χ0v) is 6.22. The molecule has 4 heteroatoms. The van der Waals surface area contributed by atoms with E-state index in [1.807, 2.05) is 0 Å². The summed E-state index contributed by atoms with van der Waals surface area (Å²) in [5.41, 5.74) is -0.942. The molecule has 60 valence electrons. The van der Waals surface area contributed by atoms with Crippen LogP contribution in [0.25, 0.3) is 0 Å². The Morgan fingerprint density at radius 2 is 2.10 bits per heavy atom. The Balaban J connectivity index is 3.75. The van der Waals surface area contributed by atoms with E-state index < -0.39 is 11.5 Å². The Labute approximate surface area is 59.9 Å². The first-order valence-corrected chi connectivity index (χ1v) is 3.10. The Morgan fingerprint density at radius 3 is 2.40 bits per heavy atom. The zero-order valence-electron chi connectivity index (χ0n) is 6.22. The normalized spacial score (nSPS) is 11.5. The second-order valence-electron chi connectivity index (χ2n) is 2.58. The van der Waals surface area contributed by atoms with Crippen LogP contribution >= 0.6 is 0 Å². The van der Waals surface area contributed by atoms with Gasteiger partial charge >= 0.3 is 5.97 Å². The third-order valence-corrected chi connectivity index (χ3v) is 1.21. The fourth-order valence-corrected chi connectivity index (χ4v) is 0.444. The Morgan fingerprint density at radius 1 is 1.60 bits per heavy atom. The summed E-state index contributed by atoms with van der Waals surface area (Å²) in [6.07, 6.45) is 0.